The van der Waals surface area contributed by atoms with E-state index in [9.17, 15) is 4.79 Å². The molecule has 0 aliphatic rings. The number of fused-ring (bicyclic) bond motifs is 2. The van der Waals surface area contributed by atoms with Gasteiger partial charge in [0.2, 0.25) is 0 Å². The van der Waals surface area contributed by atoms with Crippen LogP contribution in [0.15, 0.2) is 55.0 Å². The summed E-state index contributed by atoms with van der Waals surface area (Å²) in [5.74, 6) is 0.427. The summed E-state index contributed by atoms with van der Waals surface area (Å²) in [6.45, 7) is 1.87. The second-order valence-corrected chi connectivity index (χ2v) is 7.45. The van der Waals surface area contributed by atoms with E-state index in [1.807, 2.05) is 35.8 Å². The first-order valence-corrected chi connectivity index (χ1v) is 9.76. The maximum absolute atomic E-state index is 12.3. The minimum Gasteiger partial charge on any atom is -0.384 e. The number of imidazole rings is 1. The first kappa shape index (κ1) is 19.0. The van der Waals surface area contributed by atoms with E-state index in [4.69, 9.17) is 23.1 Å². The van der Waals surface area contributed by atoms with E-state index < -0.39 is 5.91 Å². The monoisotopic (exact) mass is 429 g/mol. The van der Waals surface area contributed by atoms with E-state index in [0.717, 1.165) is 11.1 Å². The Morgan fingerprint density at radius 3 is 2.68 bits per heavy atom. The lowest BCUT2D eigenvalue weighted by atomic mass is 10.0. The Bertz CT molecular complexity index is 1510. The number of carbonyl (C=O) groups is 1. The number of carbonyl (C=O) groups excluding carboxylic acids is 1. The van der Waals surface area contributed by atoms with Gasteiger partial charge in [0, 0.05) is 23.2 Å². The number of anilines is 1. The lowest BCUT2D eigenvalue weighted by Gasteiger charge is -2.12. The number of nitrogens with two attached hydrogens (primary N) is 2. The van der Waals surface area contributed by atoms with Crippen LogP contribution in [0.4, 0.5) is 5.82 Å². The summed E-state index contributed by atoms with van der Waals surface area (Å²) in [7, 11) is 0. The number of aryl methyl sites for hydroxylation is 1. The van der Waals surface area contributed by atoms with Crippen LogP contribution in [0.25, 0.3) is 38.9 Å². The number of nitrogens with zero attached hydrogens (tertiary/aromatic N) is 5. The van der Waals surface area contributed by atoms with Gasteiger partial charge in [0.15, 0.2) is 0 Å². The highest BCUT2D eigenvalue weighted by Crippen LogP contribution is 2.33. The zero-order chi connectivity index (χ0) is 21.7. The molecule has 0 aliphatic heterocycles. The summed E-state index contributed by atoms with van der Waals surface area (Å²) >= 11 is 6.36. The highest BCUT2D eigenvalue weighted by molar-refractivity contribution is 6.35. The number of hydrogen-bond acceptors (Lipinski definition) is 6. The number of halogens is 1. The SMILES string of the molecule is Cc1nc2c(C(N)=O)cc(-c3cc(N)ncn3)cc2n1-c1ccnc2c(Cl)cccc12. The van der Waals surface area contributed by atoms with Gasteiger partial charge in [0.25, 0.3) is 5.91 Å². The predicted molar refractivity (Wildman–Crippen MR) is 120 cm³/mol. The molecule has 5 rings (SSSR count). The highest BCUT2D eigenvalue weighted by Gasteiger charge is 2.19. The van der Waals surface area contributed by atoms with Crippen molar-refractivity contribution in [1.29, 1.82) is 0 Å². The van der Waals surface area contributed by atoms with Crippen molar-refractivity contribution >= 4 is 45.3 Å². The Hall–Kier alpha value is -4.04. The third-order valence-electron chi connectivity index (χ3n) is 5.12. The average Bonchev–Trinajstić information content (AvgIpc) is 3.08. The van der Waals surface area contributed by atoms with Gasteiger partial charge in [-0.25, -0.2) is 15.0 Å². The van der Waals surface area contributed by atoms with Crippen molar-refractivity contribution in [3.05, 3.63) is 71.4 Å². The average molecular weight is 430 g/mol. The van der Waals surface area contributed by atoms with E-state index >= 15 is 0 Å². The van der Waals surface area contributed by atoms with E-state index in [1.165, 1.54) is 6.33 Å². The molecule has 0 unspecified atom stereocenters. The molecular weight excluding hydrogens is 414 g/mol. The number of nitrogen functional groups attached to an aromatic ring is 1. The van der Waals surface area contributed by atoms with Crippen LogP contribution in [0.2, 0.25) is 5.02 Å². The lowest BCUT2D eigenvalue weighted by Crippen LogP contribution is -2.12. The summed E-state index contributed by atoms with van der Waals surface area (Å²) in [5.41, 5.74) is 15.8. The molecule has 31 heavy (non-hydrogen) atoms. The fourth-order valence-electron chi connectivity index (χ4n) is 3.78. The van der Waals surface area contributed by atoms with Crippen molar-refractivity contribution in [1.82, 2.24) is 24.5 Å². The molecule has 0 fully saturated rings. The zero-order valence-electron chi connectivity index (χ0n) is 16.4. The fraction of sp³-hybridized carbons (Fsp3) is 0.0455. The van der Waals surface area contributed by atoms with Crippen molar-refractivity contribution in [3.8, 4) is 16.9 Å². The largest absolute Gasteiger partial charge is 0.384 e. The number of rotatable bonds is 3. The second kappa shape index (κ2) is 7.03. The first-order valence-electron chi connectivity index (χ1n) is 9.38. The van der Waals surface area contributed by atoms with Crippen LogP contribution >= 0.6 is 11.6 Å². The van der Waals surface area contributed by atoms with Gasteiger partial charge in [-0.05, 0) is 31.2 Å². The Kier molecular flexibility index (Phi) is 4.30. The van der Waals surface area contributed by atoms with Crippen LogP contribution in [-0.2, 0) is 0 Å². The molecule has 1 amide bonds. The first-order chi connectivity index (χ1) is 14.9. The molecule has 0 saturated carbocycles. The number of pyridine rings is 1. The Labute approximate surface area is 181 Å². The fourth-order valence-corrected chi connectivity index (χ4v) is 4.01. The van der Waals surface area contributed by atoms with Crippen LogP contribution in [0.1, 0.15) is 16.2 Å². The Balaban J connectivity index is 1.88. The third-order valence-corrected chi connectivity index (χ3v) is 5.42. The number of aromatic nitrogens is 5. The van der Waals surface area contributed by atoms with Gasteiger partial charge in [-0.2, -0.15) is 0 Å². The molecule has 3 heterocycles. The van der Waals surface area contributed by atoms with Gasteiger partial charge in [-0.15, -0.1) is 0 Å². The van der Waals surface area contributed by atoms with Crippen LogP contribution < -0.4 is 11.5 Å². The molecule has 0 bridgehead atoms. The number of para-hydroxylation sites is 1. The molecule has 0 radical (unpaired) electrons. The molecule has 0 aliphatic carbocycles. The highest BCUT2D eigenvalue weighted by atomic mass is 35.5. The van der Waals surface area contributed by atoms with Crippen molar-refractivity contribution in [2.24, 2.45) is 5.73 Å². The molecule has 0 atom stereocenters. The summed E-state index contributed by atoms with van der Waals surface area (Å²) in [6, 6.07) is 12.7. The summed E-state index contributed by atoms with van der Waals surface area (Å²) < 4.78 is 1.95. The maximum atomic E-state index is 12.3. The lowest BCUT2D eigenvalue weighted by molar-refractivity contribution is 0.100. The predicted octanol–water partition coefficient (Wildman–Crippen LogP) is 3.67. The minimum absolute atomic E-state index is 0.294. The molecule has 3 aromatic heterocycles. The molecule has 9 heteroatoms. The van der Waals surface area contributed by atoms with Crippen LogP contribution in [0.5, 0.6) is 0 Å². The van der Waals surface area contributed by atoms with Gasteiger partial charge in [-0.3, -0.25) is 14.3 Å². The van der Waals surface area contributed by atoms with E-state index in [2.05, 4.69) is 19.9 Å². The zero-order valence-corrected chi connectivity index (χ0v) is 17.1. The summed E-state index contributed by atoms with van der Waals surface area (Å²) in [6.07, 6.45) is 3.07. The molecule has 8 nitrogen and oxygen atoms in total. The molecule has 152 valence electrons. The van der Waals surface area contributed by atoms with Gasteiger partial charge < -0.3 is 11.5 Å². The molecule has 0 saturated heterocycles. The molecule has 2 aromatic carbocycles. The van der Waals surface area contributed by atoms with Crippen molar-refractivity contribution in [2.45, 2.75) is 6.92 Å². The maximum Gasteiger partial charge on any atom is 0.250 e. The number of primary amides is 1. The second-order valence-electron chi connectivity index (χ2n) is 7.04. The molecule has 4 N–H and O–H groups in total. The Morgan fingerprint density at radius 2 is 1.90 bits per heavy atom. The standard InChI is InChI=1S/C22H16ClN7O/c1-11-29-21-14(22(25)31)7-12(16-9-19(24)28-10-27-16)8-18(21)30(11)17-5-6-26-20-13(17)3-2-4-15(20)23/h2-10H,1H3,(H2,25,31)(H2,24,27,28). The topological polar surface area (TPSA) is 126 Å². The molecule has 5 aromatic rings. The Morgan fingerprint density at radius 1 is 1.06 bits per heavy atom. The van der Waals surface area contributed by atoms with Crippen molar-refractivity contribution in [2.75, 3.05) is 5.73 Å². The number of benzene rings is 2. The van der Waals surface area contributed by atoms with Crippen LogP contribution in [-0.4, -0.2) is 30.4 Å². The van der Waals surface area contributed by atoms with Gasteiger partial charge in [0.1, 0.15) is 23.5 Å². The van der Waals surface area contributed by atoms with Gasteiger partial charge in [0.05, 0.1) is 33.0 Å². The normalized spacial score (nSPS) is 11.3. The number of amides is 1. The van der Waals surface area contributed by atoms with Crippen molar-refractivity contribution < 1.29 is 4.79 Å². The van der Waals surface area contributed by atoms with Crippen LogP contribution in [0.3, 0.4) is 0 Å². The number of hydrogen-bond donors (Lipinski definition) is 2. The minimum atomic E-state index is -0.582. The smallest absolute Gasteiger partial charge is 0.250 e. The molecular formula is C22H16ClN7O. The van der Waals surface area contributed by atoms with E-state index in [-0.39, 0.29) is 0 Å². The van der Waals surface area contributed by atoms with Crippen LogP contribution in [0, 0.1) is 6.92 Å². The quantitative estimate of drug-likeness (QED) is 0.450. The summed E-state index contributed by atoms with van der Waals surface area (Å²) in [5, 5.41) is 1.41. The van der Waals surface area contributed by atoms with E-state index in [1.54, 1.807) is 24.4 Å². The summed E-state index contributed by atoms with van der Waals surface area (Å²) in [4.78, 5) is 29.5. The molecule has 0 spiro atoms. The third kappa shape index (κ3) is 3.04. The van der Waals surface area contributed by atoms with E-state index in [0.29, 0.717) is 50.0 Å². The van der Waals surface area contributed by atoms with Crippen molar-refractivity contribution in [3.63, 3.8) is 0 Å². The van der Waals surface area contributed by atoms with Gasteiger partial charge >= 0.3 is 0 Å². The van der Waals surface area contributed by atoms with Gasteiger partial charge in [-0.1, -0.05) is 23.7 Å².